The maximum absolute atomic E-state index is 12.9. The molecular formula is C17H20FN3O. The molecule has 1 aromatic heterocycles. The predicted molar refractivity (Wildman–Crippen MR) is 82.9 cm³/mol. The fourth-order valence-corrected chi connectivity index (χ4v) is 2.71. The molecule has 1 fully saturated rings. The summed E-state index contributed by atoms with van der Waals surface area (Å²) >= 11 is 0. The van der Waals surface area contributed by atoms with Crippen molar-refractivity contribution in [3.05, 3.63) is 47.9 Å². The van der Waals surface area contributed by atoms with Gasteiger partial charge in [0, 0.05) is 18.5 Å². The Morgan fingerprint density at radius 3 is 2.77 bits per heavy atom. The maximum Gasteiger partial charge on any atom is 0.229 e. The second-order valence-electron chi connectivity index (χ2n) is 6.28. The van der Waals surface area contributed by atoms with Crippen LogP contribution in [0.3, 0.4) is 0 Å². The van der Waals surface area contributed by atoms with Crippen molar-refractivity contribution in [1.82, 2.24) is 9.78 Å². The molecule has 0 spiro atoms. The molecule has 2 aromatic rings. The van der Waals surface area contributed by atoms with Gasteiger partial charge >= 0.3 is 0 Å². The van der Waals surface area contributed by atoms with Gasteiger partial charge in [-0.25, -0.2) is 9.07 Å². The summed E-state index contributed by atoms with van der Waals surface area (Å²) in [6, 6.07) is 8.23. The van der Waals surface area contributed by atoms with Crippen molar-refractivity contribution in [1.29, 1.82) is 0 Å². The number of rotatable bonds is 5. The zero-order valence-electron chi connectivity index (χ0n) is 12.8. The molecule has 1 aromatic carbocycles. The molecular weight excluding hydrogens is 281 g/mol. The number of nitrogens with zero attached hydrogens (tertiary/aromatic N) is 2. The molecule has 1 amide bonds. The van der Waals surface area contributed by atoms with Gasteiger partial charge in [0.1, 0.15) is 11.6 Å². The molecule has 2 atom stereocenters. The molecule has 0 radical (unpaired) electrons. The number of halogens is 1. The zero-order valence-corrected chi connectivity index (χ0v) is 12.8. The maximum atomic E-state index is 12.9. The number of benzene rings is 1. The monoisotopic (exact) mass is 301 g/mol. The minimum absolute atomic E-state index is 0.0137. The summed E-state index contributed by atoms with van der Waals surface area (Å²) in [7, 11) is 0. The van der Waals surface area contributed by atoms with Gasteiger partial charge < -0.3 is 5.32 Å². The van der Waals surface area contributed by atoms with Gasteiger partial charge in [-0.3, -0.25) is 4.79 Å². The highest BCUT2D eigenvalue weighted by Gasteiger charge is 2.44. The Morgan fingerprint density at radius 2 is 2.09 bits per heavy atom. The zero-order chi connectivity index (χ0) is 15.7. The van der Waals surface area contributed by atoms with E-state index in [0.29, 0.717) is 5.92 Å². The van der Waals surface area contributed by atoms with E-state index in [1.54, 1.807) is 18.3 Å². The van der Waals surface area contributed by atoms with Crippen molar-refractivity contribution >= 4 is 11.7 Å². The van der Waals surface area contributed by atoms with Crippen molar-refractivity contribution in [2.24, 2.45) is 11.8 Å². The normalized spacial score (nSPS) is 20.2. The number of aromatic nitrogens is 2. The van der Waals surface area contributed by atoms with Crippen LogP contribution >= 0.6 is 0 Å². The largest absolute Gasteiger partial charge is 0.311 e. The van der Waals surface area contributed by atoms with Gasteiger partial charge in [-0.15, -0.1) is 0 Å². The number of nitrogens with one attached hydrogen (secondary N) is 1. The van der Waals surface area contributed by atoms with E-state index in [9.17, 15) is 9.18 Å². The second kappa shape index (κ2) is 5.91. The smallest absolute Gasteiger partial charge is 0.229 e. The fraction of sp³-hybridized carbons (Fsp3) is 0.412. The number of anilines is 1. The van der Waals surface area contributed by atoms with Crippen LogP contribution < -0.4 is 5.32 Å². The van der Waals surface area contributed by atoms with Crippen molar-refractivity contribution in [3.63, 3.8) is 0 Å². The molecule has 4 nitrogen and oxygen atoms in total. The SMILES string of the molecule is CC(C)Cn1nccc1NC(=O)C1CC1c1ccc(F)cc1. The molecule has 3 rings (SSSR count). The van der Waals surface area contributed by atoms with E-state index in [0.717, 1.165) is 24.3 Å². The van der Waals surface area contributed by atoms with Gasteiger partial charge in [-0.05, 0) is 36.0 Å². The lowest BCUT2D eigenvalue weighted by Crippen LogP contribution is -2.19. The molecule has 0 saturated heterocycles. The Morgan fingerprint density at radius 1 is 1.36 bits per heavy atom. The Kier molecular flexibility index (Phi) is 3.96. The predicted octanol–water partition coefficient (Wildman–Crippen LogP) is 3.42. The lowest BCUT2D eigenvalue weighted by atomic mass is 10.1. The van der Waals surface area contributed by atoms with E-state index < -0.39 is 0 Å². The molecule has 1 N–H and O–H groups in total. The van der Waals surface area contributed by atoms with E-state index in [4.69, 9.17) is 0 Å². The van der Waals surface area contributed by atoms with Crippen LogP contribution in [-0.2, 0) is 11.3 Å². The summed E-state index contributed by atoms with van der Waals surface area (Å²) in [6.07, 6.45) is 2.51. The third kappa shape index (κ3) is 3.18. The lowest BCUT2D eigenvalue weighted by molar-refractivity contribution is -0.117. The summed E-state index contributed by atoms with van der Waals surface area (Å²) in [6.45, 7) is 4.99. The minimum atomic E-state index is -0.247. The lowest BCUT2D eigenvalue weighted by Gasteiger charge is -2.10. The van der Waals surface area contributed by atoms with Crippen LogP contribution in [0.25, 0.3) is 0 Å². The van der Waals surface area contributed by atoms with Crippen molar-refractivity contribution in [2.75, 3.05) is 5.32 Å². The first-order valence-corrected chi connectivity index (χ1v) is 7.62. The Bertz CT molecular complexity index is 663. The third-order valence-corrected chi connectivity index (χ3v) is 3.93. The highest BCUT2D eigenvalue weighted by Crippen LogP contribution is 2.47. The Labute approximate surface area is 129 Å². The number of hydrogen-bond acceptors (Lipinski definition) is 2. The molecule has 2 unspecified atom stereocenters. The van der Waals surface area contributed by atoms with E-state index >= 15 is 0 Å². The van der Waals surface area contributed by atoms with E-state index in [2.05, 4.69) is 24.3 Å². The van der Waals surface area contributed by atoms with Gasteiger partial charge in [-0.1, -0.05) is 26.0 Å². The summed E-state index contributed by atoms with van der Waals surface area (Å²) in [5.74, 6) is 1.13. The third-order valence-electron chi connectivity index (χ3n) is 3.93. The first kappa shape index (κ1) is 14.8. The molecule has 116 valence electrons. The highest BCUT2D eigenvalue weighted by atomic mass is 19.1. The van der Waals surface area contributed by atoms with E-state index in [1.165, 1.54) is 12.1 Å². The molecule has 1 aliphatic carbocycles. The number of carbonyl (C=O) groups excluding carboxylic acids is 1. The average Bonchev–Trinajstić information content (AvgIpc) is 3.16. The standard InChI is InChI=1S/C17H20FN3O/c1-11(2)10-21-16(7-8-19-21)20-17(22)15-9-14(15)12-3-5-13(18)6-4-12/h3-8,11,14-15H,9-10H2,1-2H3,(H,20,22). The van der Waals surface area contributed by atoms with Crippen LogP contribution in [-0.4, -0.2) is 15.7 Å². The van der Waals surface area contributed by atoms with Crippen LogP contribution in [0, 0.1) is 17.7 Å². The molecule has 22 heavy (non-hydrogen) atoms. The Balaban J connectivity index is 1.62. The quantitative estimate of drug-likeness (QED) is 0.920. The molecule has 5 heteroatoms. The summed E-state index contributed by atoms with van der Waals surface area (Å²) in [5.41, 5.74) is 1.03. The first-order valence-electron chi connectivity index (χ1n) is 7.62. The number of hydrogen-bond donors (Lipinski definition) is 1. The van der Waals surface area contributed by atoms with Crippen LogP contribution in [0.1, 0.15) is 31.7 Å². The second-order valence-corrected chi connectivity index (χ2v) is 6.28. The van der Waals surface area contributed by atoms with Gasteiger partial charge in [-0.2, -0.15) is 5.10 Å². The van der Waals surface area contributed by atoms with Gasteiger partial charge in [0.15, 0.2) is 0 Å². The summed E-state index contributed by atoms with van der Waals surface area (Å²) < 4.78 is 14.8. The molecule has 1 saturated carbocycles. The van der Waals surface area contributed by atoms with Crippen LogP contribution in [0.15, 0.2) is 36.5 Å². The molecule has 1 aliphatic rings. The van der Waals surface area contributed by atoms with Crippen LogP contribution in [0.5, 0.6) is 0 Å². The van der Waals surface area contributed by atoms with E-state index in [-0.39, 0.29) is 23.6 Å². The van der Waals surface area contributed by atoms with Crippen molar-refractivity contribution < 1.29 is 9.18 Å². The van der Waals surface area contributed by atoms with E-state index in [1.807, 2.05) is 10.7 Å². The number of amides is 1. The van der Waals surface area contributed by atoms with Crippen LogP contribution in [0.4, 0.5) is 10.2 Å². The summed E-state index contributed by atoms with van der Waals surface area (Å²) in [5, 5.41) is 7.19. The van der Waals surface area contributed by atoms with Gasteiger partial charge in [0.25, 0.3) is 0 Å². The highest BCUT2D eigenvalue weighted by molar-refractivity contribution is 5.94. The average molecular weight is 301 g/mol. The molecule has 0 bridgehead atoms. The number of carbonyl (C=O) groups is 1. The van der Waals surface area contributed by atoms with Gasteiger partial charge in [0.05, 0.1) is 6.20 Å². The first-order chi connectivity index (χ1) is 10.5. The topological polar surface area (TPSA) is 46.9 Å². The van der Waals surface area contributed by atoms with Crippen molar-refractivity contribution in [3.8, 4) is 0 Å². The minimum Gasteiger partial charge on any atom is -0.311 e. The Hall–Kier alpha value is -2.17. The fourth-order valence-electron chi connectivity index (χ4n) is 2.71. The van der Waals surface area contributed by atoms with Crippen LogP contribution in [0.2, 0.25) is 0 Å². The van der Waals surface area contributed by atoms with Crippen molar-refractivity contribution in [2.45, 2.75) is 32.7 Å². The molecule has 0 aliphatic heterocycles. The van der Waals surface area contributed by atoms with Gasteiger partial charge in [0.2, 0.25) is 5.91 Å². The summed E-state index contributed by atoms with van der Waals surface area (Å²) in [4.78, 5) is 12.3. The molecule has 1 heterocycles.